The van der Waals surface area contributed by atoms with Crippen LogP contribution in [0.4, 0.5) is 11.8 Å². The zero-order chi connectivity index (χ0) is 21.8. The maximum atomic E-state index is 13.2. The molecule has 1 aliphatic heterocycles. The summed E-state index contributed by atoms with van der Waals surface area (Å²) in [7, 11) is 4.02. The molecule has 162 valence electrons. The molecule has 0 unspecified atom stereocenters. The first-order chi connectivity index (χ1) is 14.8. The summed E-state index contributed by atoms with van der Waals surface area (Å²) < 4.78 is 1.73. The first-order valence-electron chi connectivity index (χ1n) is 10.6. The van der Waals surface area contributed by atoms with Crippen LogP contribution in [0.3, 0.4) is 0 Å². The van der Waals surface area contributed by atoms with Crippen LogP contribution >= 0.6 is 11.3 Å². The number of hydrogen-bond acceptors (Lipinski definition) is 7. The lowest BCUT2D eigenvalue weighted by Crippen LogP contribution is -2.43. The van der Waals surface area contributed by atoms with Gasteiger partial charge in [-0.2, -0.15) is 5.10 Å². The van der Waals surface area contributed by atoms with E-state index in [1.165, 1.54) is 12.8 Å². The van der Waals surface area contributed by atoms with Gasteiger partial charge >= 0.3 is 0 Å². The smallest absolute Gasteiger partial charge is 0.255 e. The number of thiophene rings is 1. The Hall–Kier alpha value is -2.78. The topological polar surface area (TPSA) is 79.2 Å². The fourth-order valence-electron chi connectivity index (χ4n) is 4.16. The minimum atomic E-state index is -0.317. The fourth-order valence-corrected chi connectivity index (χ4v) is 5.39. The van der Waals surface area contributed by atoms with Crippen LogP contribution in [0, 0.1) is 0 Å². The number of aryl methyl sites for hydroxylation is 1. The van der Waals surface area contributed by atoms with Crippen molar-refractivity contribution in [3.05, 3.63) is 41.0 Å². The molecule has 1 aliphatic carbocycles. The molecule has 0 saturated heterocycles. The lowest BCUT2D eigenvalue weighted by Gasteiger charge is -2.33. The second-order valence-corrected chi connectivity index (χ2v) is 9.86. The maximum absolute atomic E-state index is 13.2. The molecule has 0 bridgehead atoms. The Bertz CT molecular complexity index is 1130. The molecule has 0 aromatic carbocycles. The molecule has 5 rings (SSSR count). The van der Waals surface area contributed by atoms with Gasteiger partial charge in [-0.15, -0.1) is 11.3 Å². The summed E-state index contributed by atoms with van der Waals surface area (Å²) in [5, 5.41) is 7.34. The third-order valence-corrected chi connectivity index (χ3v) is 7.72. The highest BCUT2D eigenvalue weighted by molar-refractivity contribution is 7.16. The van der Waals surface area contributed by atoms with Crippen LogP contribution in [0.5, 0.6) is 0 Å². The van der Waals surface area contributed by atoms with E-state index in [9.17, 15) is 4.79 Å². The molecule has 1 saturated carbocycles. The summed E-state index contributed by atoms with van der Waals surface area (Å²) >= 11 is 1.65. The Kier molecular flexibility index (Phi) is 4.82. The highest BCUT2D eigenvalue weighted by atomic mass is 32.1. The van der Waals surface area contributed by atoms with Crippen molar-refractivity contribution in [2.45, 2.75) is 38.3 Å². The largest absolute Gasteiger partial charge is 0.327 e. The van der Waals surface area contributed by atoms with Gasteiger partial charge < -0.3 is 15.1 Å². The van der Waals surface area contributed by atoms with Crippen molar-refractivity contribution in [1.29, 1.82) is 0 Å². The number of anilines is 2. The van der Waals surface area contributed by atoms with Gasteiger partial charge in [-0.25, -0.2) is 9.97 Å². The van der Waals surface area contributed by atoms with E-state index in [0.29, 0.717) is 12.0 Å². The molecule has 9 heteroatoms. The monoisotopic (exact) mass is 437 g/mol. The fraction of sp³-hybridized carbons (Fsp3) is 0.455. The van der Waals surface area contributed by atoms with Crippen LogP contribution in [0.25, 0.3) is 10.6 Å². The molecule has 0 radical (unpaired) electrons. The Morgan fingerprint density at radius 2 is 2.10 bits per heavy atom. The van der Waals surface area contributed by atoms with Gasteiger partial charge in [-0.1, -0.05) is 0 Å². The number of amides is 1. The Labute approximate surface area is 185 Å². The van der Waals surface area contributed by atoms with E-state index in [1.807, 2.05) is 30.1 Å². The summed E-state index contributed by atoms with van der Waals surface area (Å²) in [4.78, 5) is 28.7. The number of carbonyl (C=O) groups is 1. The molecule has 1 amide bonds. The summed E-state index contributed by atoms with van der Waals surface area (Å²) in [5.74, 6) is 1.44. The average Bonchev–Trinajstić information content (AvgIpc) is 3.32. The van der Waals surface area contributed by atoms with Gasteiger partial charge in [0, 0.05) is 43.3 Å². The highest BCUT2D eigenvalue weighted by Gasteiger charge is 2.45. The number of carbonyl (C=O) groups excluding carboxylic acids is 1. The van der Waals surface area contributed by atoms with Crippen molar-refractivity contribution in [2.75, 3.05) is 25.5 Å². The summed E-state index contributed by atoms with van der Waals surface area (Å²) in [5.41, 5.74) is 1.30. The summed E-state index contributed by atoms with van der Waals surface area (Å²) in [6.07, 6.45) is 6.01. The Morgan fingerprint density at radius 1 is 1.29 bits per heavy atom. The highest BCUT2D eigenvalue weighted by Crippen LogP contribution is 2.46. The van der Waals surface area contributed by atoms with Gasteiger partial charge in [0.1, 0.15) is 5.82 Å². The molecule has 2 aliphatic rings. The van der Waals surface area contributed by atoms with E-state index < -0.39 is 0 Å². The van der Waals surface area contributed by atoms with Gasteiger partial charge in [0.05, 0.1) is 27.9 Å². The number of nitrogens with one attached hydrogen (secondary N) is 1. The summed E-state index contributed by atoms with van der Waals surface area (Å²) in [6, 6.07) is 6.44. The van der Waals surface area contributed by atoms with Crippen molar-refractivity contribution in [3.8, 4) is 10.6 Å². The molecule has 0 spiro atoms. The lowest BCUT2D eigenvalue weighted by molar-refractivity contribution is 0.0594. The number of rotatable bonds is 7. The summed E-state index contributed by atoms with van der Waals surface area (Å²) in [6.45, 7) is 5.95. The van der Waals surface area contributed by atoms with Crippen LogP contribution in [0.1, 0.15) is 41.9 Å². The number of likely N-dealkylation sites (N-methyl/N-ethyl adjacent to an activating group) is 1. The quantitative estimate of drug-likeness (QED) is 0.610. The second-order valence-electron chi connectivity index (χ2n) is 8.81. The predicted octanol–water partition coefficient (Wildman–Crippen LogP) is 3.47. The number of nitrogens with zero attached hydrogens (tertiary/aromatic N) is 6. The van der Waals surface area contributed by atoms with Crippen molar-refractivity contribution in [2.24, 2.45) is 7.05 Å². The molecule has 1 N–H and O–H groups in total. The lowest BCUT2D eigenvalue weighted by atomic mass is 10.0. The first-order valence-corrected chi connectivity index (χ1v) is 11.4. The van der Waals surface area contributed by atoms with Crippen molar-refractivity contribution >= 4 is 29.0 Å². The molecule has 0 atom stereocenters. The molecule has 3 aromatic heterocycles. The SMILES string of the molecule is CN(CCN1C(=O)c2cc(-c3ccnc(Nc4ccnn4C)n3)sc2C1(C)C)C1CC1. The van der Waals surface area contributed by atoms with Crippen LogP contribution < -0.4 is 5.32 Å². The zero-order valence-electron chi connectivity index (χ0n) is 18.3. The number of hydrogen-bond donors (Lipinski definition) is 1. The second kappa shape index (κ2) is 7.42. The van der Waals surface area contributed by atoms with Gasteiger partial charge in [-0.05, 0) is 45.9 Å². The van der Waals surface area contributed by atoms with Gasteiger partial charge in [0.15, 0.2) is 0 Å². The minimum absolute atomic E-state index is 0.119. The van der Waals surface area contributed by atoms with Crippen LogP contribution in [0.15, 0.2) is 30.6 Å². The first kappa shape index (κ1) is 20.1. The van der Waals surface area contributed by atoms with E-state index in [0.717, 1.165) is 39.9 Å². The van der Waals surface area contributed by atoms with Gasteiger partial charge in [0.25, 0.3) is 5.91 Å². The number of fused-ring (bicyclic) bond motifs is 1. The van der Waals surface area contributed by atoms with E-state index in [4.69, 9.17) is 0 Å². The molecule has 31 heavy (non-hydrogen) atoms. The van der Waals surface area contributed by atoms with Crippen molar-refractivity contribution in [1.82, 2.24) is 29.5 Å². The van der Waals surface area contributed by atoms with E-state index in [2.05, 4.69) is 46.2 Å². The molecular formula is C22H27N7OS. The normalized spacial score (nSPS) is 17.5. The van der Waals surface area contributed by atoms with E-state index >= 15 is 0 Å². The van der Waals surface area contributed by atoms with Crippen LogP contribution in [0.2, 0.25) is 0 Å². The van der Waals surface area contributed by atoms with E-state index in [-0.39, 0.29) is 11.4 Å². The van der Waals surface area contributed by atoms with Crippen LogP contribution in [-0.2, 0) is 12.6 Å². The zero-order valence-corrected chi connectivity index (χ0v) is 19.1. The van der Waals surface area contributed by atoms with Crippen molar-refractivity contribution < 1.29 is 4.79 Å². The third-order valence-electron chi connectivity index (χ3n) is 6.25. The standard InChI is InChI=1S/C22H27N7OS/c1-22(2)19-15(20(30)29(22)12-11-27(3)14-5-6-14)13-17(31-19)16-7-9-23-21(25-16)26-18-8-10-24-28(18)4/h7-10,13-14H,5-6,11-12H2,1-4H3,(H,23,25,26). The van der Waals surface area contributed by atoms with Crippen LogP contribution in [-0.4, -0.2) is 61.6 Å². The molecular weight excluding hydrogens is 410 g/mol. The Balaban J connectivity index is 1.37. The number of aromatic nitrogens is 4. The maximum Gasteiger partial charge on any atom is 0.255 e. The van der Waals surface area contributed by atoms with Gasteiger partial charge in [0.2, 0.25) is 5.95 Å². The predicted molar refractivity (Wildman–Crippen MR) is 122 cm³/mol. The molecule has 1 fully saturated rings. The molecule has 4 heterocycles. The molecule has 3 aromatic rings. The molecule has 8 nitrogen and oxygen atoms in total. The van der Waals surface area contributed by atoms with Gasteiger partial charge in [-0.3, -0.25) is 9.48 Å². The Morgan fingerprint density at radius 3 is 2.77 bits per heavy atom. The minimum Gasteiger partial charge on any atom is -0.327 e. The third kappa shape index (κ3) is 3.61. The van der Waals surface area contributed by atoms with Crippen molar-refractivity contribution in [3.63, 3.8) is 0 Å². The average molecular weight is 438 g/mol. The van der Waals surface area contributed by atoms with E-state index in [1.54, 1.807) is 28.4 Å².